The summed E-state index contributed by atoms with van der Waals surface area (Å²) < 4.78 is 0.260. The molecule has 0 spiro atoms. The highest BCUT2D eigenvalue weighted by atomic mass is 32.2. The maximum absolute atomic E-state index is 4.30. The van der Waals surface area contributed by atoms with Crippen LogP contribution in [-0.4, -0.2) is 10.3 Å². The lowest BCUT2D eigenvalue weighted by Gasteiger charge is -2.19. The van der Waals surface area contributed by atoms with Gasteiger partial charge in [-0.2, -0.15) is 12.6 Å². The lowest BCUT2D eigenvalue weighted by atomic mass is 10.7. The van der Waals surface area contributed by atoms with Crippen LogP contribution in [0.25, 0.3) is 0 Å². The first-order valence-corrected chi connectivity index (χ1v) is 4.92. The minimum atomic E-state index is 0.260. The third kappa shape index (κ3) is 1.99. The van der Waals surface area contributed by atoms with Crippen LogP contribution in [0.5, 0.6) is 0 Å². The van der Waals surface area contributed by atoms with Crippen LogP contribution in [0.2, 0.25) is 0 Å². The molecule has 0 aromatic rings. The van der Waals surface area contributed by atoms with E-state index in [2.05, 4.69) is 25.8 Å². The van der Waals surface area contributed by atoms with E-state index in [9.17, 15) is 0 Å². The molecule has 0 bridgehead atoms. The van der Waals surface area contributed by atoms with Crippen molar-refractivity contribution in [2.75, 3.05) is 5.75 Å². The van der Waals surface area contributed by atoms with E-state index in [0.29, 0.717) is 0 Å². The van der Waals surface area contributed by atoms with Crippen molar-refractivity contribution < 1.29 is 0 Å². The Hall–Kier alpha value is 0.530. The lowest BCUT2D eigenvalue weighted by Crippen LogP contribution is -2.01. The van der Waals surface area contributed by atoms with Gasteiger partial charge in [0.2, 0.25) is 0 Å². The lowest BCUT2D eigenvalue weighted by molar-refractivity contribution is 1.58. The third-order valence-corrected chi connectivity index (χ3v) is 4.19. The third-order valence-electron chi connectivity index (χ3n) is 0.972. The summed E-state index contributed by atoms with van der Waals surface area (Å²) in [6.07, 6.45) is 0. The fourth-order valence-electron chi connectivity index (χ4n) is 0.502. The van der Waals surface area contributed by atoms with E-state index in [0.717, 1.165) is 10.7 Å². The Morgan fingerprint density at radius 3 is 2.67 bits per heavy atom. The Morgan fingerprint density at radius 2 is 2.22 bits per heavy atom. The van der Waals surface area contributed by atoms with Crippen LogP contribution in [0.15, 0.2) is 23.0 Å². The van der Waals surface area contributed by atoms with Gasteiger partial charge in [-0.15, -0.1) is 23.5 Å². The Kier molecular flexibility index (Phi) is 2.61. The van der Waals surface area contributed by atoms with E-state index in [1.807, 2.05) is 0 Å². The molecule has 0 saturated carbocycles. The maximum atomic E-state index is 4.30. The zero-order chi connectivity index (χ0) is 6.85. The molecule has 3 heteroatoms. The normalized spacial score (nSPS) is 28.8. The Balaban J connectivity index is 2.54. The summed E-state index contributed by atoms with van der Waals surface area (Å²) in [6, 6.07) is 0. The SMILES string of the molecule is C=C1CSC(=C)C(S)S1. The van der Waals surface area contributed by atoms with Crippen molar-refractivity contribution in [2.24, 2.45) is 0 Å². The first-order chi connectivity index (χ1) is 4.20. The number of rotatable bonds is 0. The minimum Gasteiger partial charge on any atom is -0.159 e. The van der Waals surface area contributed by atoms with Crippen LogP contribution >= 0.6 is 36.2 Å². The molecule has 1 atom stereocenters. The van der Waals surface area contributed by atoms with Gasteiger partial charge in [0, 0.05) is 10.7 Å². The highest BCUT2D eigenvalue weighted by Crippen LogP contribution is 2.41. The molecular weight excluding hydrogens is 168 g/mol. The van der Waals surface area contributed by atoms with Crippen LogP contribution in [-0.2, 0) is 0 Å². The molecule has 1 rings (SSSR count). The van der Waals surface area contributed by atoms with Gasteiger partial charge in [0.05, 0.1) is 4.58 Å². The van der Waals surface area contributed by atoms with Crippen molar-refractivity contribution in [1.29, 1.82) is 0 Å². The summed E-state index contributed by atoms with van der Waals surface area (Å²) in [5, 5.41) is 0. The molecule has 9 heavy (non-hydrogen) atoms. The maximum Gasteiger partial charge on any atom is 0.0818 e. The van der Waals surface area contributed by atoms with Crippen molar-refractivity contribution in [3.05, 3.63) is 23.0 Å². The van der Waals surface area contributed by atoms with E-state index >= 15 is 0 Å². The van der Waals surface area contributed by atoms with Crippen molar-refractivity contribution in [3.63, 3.8) is 0 Å². The van der Waals surface area contributed by atoms with Crippen LogP contribution in [0.3, 0.4) is 0 Å². The van der Waals surface area contributed by atoms with Gasteiger partial charge in [-0.3, -0.25) is 0 Å². The zero-order valence-corrected chi connectivity index (χ0v) is 7.49. The van der Waals surface area contributed by atoms with Crippen molar-refractivity contribution in [1.82, 2.24) is 0 Å². The van der Waals surface area contributed by atoms with E-state index in [4.69, 9.17) is 0 Å². The average Bonchev–Trinajstić information content (AvgIpc) is 1.80. The fourth-order valence-corrected chi connectivity index (χ4v) is 2.91. The van der Waals surface area contributed by atoms with Gasteiger partial charge < -0.3 is 0 Å². The Morgan fingerprint density at radius 1 is 1.56 bits per heavy atom. The molecule has 1 unspecified atom stereocenters. The molecule has 0 N–H and O–H groups in total. The van der Waals surface area contributed by atoms with E-state index in [1.165, 1.54) is 4.91 Å². The van der Waals surface area contributed by atoms with Crippen LogP contribution in [0.1, 0.15) is 0 Å². The zero-order valence-electron chi connectivity index (χ0n) is 4.96. The predicted octanol–water partition coefficient (Wildman–Crippen LogP) is 2.75. The summed E-state index contributed by atoms with van der Waals surface area (Å²) in [5.41, 5.74) is 0. The summed E-state index contributed by atoms with van der Waals surface area (Å²) >= 11 is 7.74. The average molecular weight is 176 g/mol. The molecule has 0 nitrogen and oxygen atoms in total. The summed E-state index contributed by atoms with van der Waals surface area (Å²) in [5.74, 6) is 1.00. The Labute approximate surface area is 69.6 Å². The van der Waals surface area contributed by atoms with Gasteiger partial charge in [0.15, 0.2) is 0 Å². The molecule has 0 aliphatic carbocycles. The molecule has 0 radical (unpaired) electrons. The second-order valence-corrected chi connectivity index (χ2v) is 5.02. The van der Waals surface area contributed by atoms with E-state index < -0.39 is 0 Å². The highest BCUT2D eigenvalue weighted by Gasteiger charge is 2.16. The van der Waals surface area contributed by atoms with Crippen LogP contribution in [0.4, 0.5) is 0 Å². The van der Waals surface area contributed by atoms with E-state index in [-0.39, 0.29) is 4.58 Å². The quantitative estimate of drug-likeness (QED) is 0.564. The molecular formula is C6H8S3. The molecule has 1 aliphatic heterocycles. The first-order valence-electron chi connectivity index (χ1n) is 2.54. The molecule has 1 fully saturated rings. The number of thiol groups is 1. The molecule has 0 aromatic carbocycles. The number of hydrogen-bond donors (Lipinski definition) is 1. The summed E-state index contributed by atoms with van der Waals surface area (Å²) in [7, 11) is 0. The number of hydrogen-bond acceptors (Lipinski definition) is 3. The summed E-state index contributed by atoms with van der Waals surface area (Å²) in [6.45, 7) is 7.71. The van der Waals surface area contributed by atoms with Crippen LogP contribution < -0.4 is 0 Å². The molecule has 0 amide bonds. The topological polar surface area (TPSA) is 0 Å². The summed E-state index contributed by atoms with van der Waals surface area (Å²) in [4.78, 5) is 2.35. The van der Waals surface area contributed by atoms with Crippen molar-refractivity contribution in [3.8, 4) is 0 Å². The second-order valence-electron chi connectivity index (χ2n) is 1.76. The highest BCUT2D eigenvalue weighted by molar-refractivity contribution is 8.18. The van der Waals surface area contributed by atoms with Gasteiger partial charge in [-0.1, -0.05) is 13.2 Å². The monoisotopic (exact) mass is 176 g/mol. The Bertz CT molecular complexity index is 150. The van der Waals surface area contributed by atoms with Gasteiger partial charge in [0.1, 0.15) is 0 Å². The van der Waals surface area contributed by atoms with Gasteiger partial charge in [-0.05, 0) is 4.91 Å². The largest absolute Gasteiger partial charge is 0.159 e. The van der Waals surface area contributed by atoms with E-state index in [1.54, 1.807) is 23.5 Å². The van der Waals surface area contributed by atoms with Gasteiger partial charge in [0.25, 0.3) is 0 Å². The molecule has 1 aliphatic rings. The standard InChI is InChI=1S/C6H8S3/c1-4-3-8-5(2)6(7)9-4/h6-7H,1-3H2. The first kappa shape index (κ1) is 7.63. The fraction of sp³-hybridized carbons (Fsp3) is 0.333. The van der Waals surface area contributed by atoms with Gasteiger partial charge >= 0.3 is 0 Å². The smallest absolute Gasteiger partial charge is 0.0818 e. The number of thioether (sulfide) groups is 2. The van der Waals surface area contributed by atoms with Crippen molar-refractivity contribution in [2.45, 2.75) is 4.58 Å². The molecule has 50 valence electrons. The van der Waals surface area contributed by atoms with Crippen molar-refractivity contribution >= 4 is 36.2 Å². The predicted molar refractivity (Wildman–Crippen MR) is 51.1 cm³/mol. The minimum absolute atomic E-state index is 0.260. The molecule has 1 heterocycles. The van der Waals surface area contributed by atoms with Gasteiger partial charge in [-0.25, -0.2) is 0 Å². The van der Waals surface area contributed by atoms with Crippen LogP contribution in [0, 0.1) is 0 Å². The second kappa shape index (κ2) is 3.08. The molecule has 0 aromatic heterocycles. The molecule has 1 saturated heterocycles.